The molecule has 1 atom stereocenters. The van der Waals surface area contributed by atoms with Gasteiger partial charge in [-0.15, -0.1) is 0 Å². The summed E-state index contributed by atoms with van der Waals surface area (Å²) < 4.78 is 13.6. The maximum atomic E-state index is 13.6. The summed E-state index contributed by atoms with van der Waals surface area (Å²) >= 11 is 0. The van der Waals surface area contributed by atoms with Crippen LogP contribution >= 0.6 is 0 Å². The fraction of sp³-hybridized carbons (Fsp3) is 0.231. The van der Waals surface area contributed by atoms with Crippen LogP contribution in [0.1, 0.15) is 28.6 Å². The number of hydrogen-bond acceptors (Lipinski definition) is 4. The van der Waals surface area contributed by atoms with E-state index in [9.17, 15) is 4.39 Å². The number of aromatic nitrogens is 2. The quantitative estimate of drug-likeness (QED) is 0.625. The summed E-state index contributed by atoms with van der Waals surface area (Å²) in [5.41, 5.74) is 5.11. The predicted molar refractivity (Wildman–Crippen MR) is 66.5 cm³/mol. The summed E-state index contributed by atoms with van der Waals surface area (Å²) in [6.45, 7) is 1.62. The molecule has 3 N–H and O–H groups in total. The first-order chi connectivity index (χ1) is 8.70. The Bertz CT molecular complexity index is 612. The summed E-state index contributed by atoms with van der Waals surface area (Å²) in [5, 5.41) is 0. The zero-order valence-corrected chi connectivity index (χ0v) is 9.94. The second kappa shape index (κ2) is 4.03. The Labute approximate surface area is 104 Å². The number of nitrogen functional groups attached to an aromatic ring is 1. The molecule has 1 heterocycles. The monoisotopic (exact) mass is 244 g/mol. The van der Waals surface area contributed by atoms with Crippen LogP contribution in [-0.4, -0.2) is 9.97 Å². The van der Waals surface area contributed by atoms with Crippen LogP contribution in [0, 0.1) is 12.7 Å². The number of benzene rings is 1. The molecule has 1 aliphatic rings. The second-order valence-corrected chi connectivity index (χ2v) is 4.43. The van der Waals surface area contributed by atoms with Gasteiger partial charge in [-0.25, -0.2) is 20.2 Å². The molecule has 0 bridgehead atoms. The van der Waals surface area contributed by atoms with E-state index in [1.54, 1.807) is 6.92 Å². The summed E-state index contributed by atoms with van der Waals surface area (Å²) in [6.07, 6.45) is 0.894. The third-order valence-corrected chi connectivity index (χ3v) is 3.34. The number of anilines is 1. The lowest BCUT2D eigenvalue weighted by Crippen LogP contribution is -2.22. The van der Waals surface area contributed by atoms with Gasteiger partial charge in [-0.05, 0) is 24.5 Å². The fourth-order valence-electron chi connectivity index (χ4n) is 2.32. The van der Waals surface area contributed by atoms with Crippen LogP contribution in [0.3, 0.4) is 0 Å². The van der Waals surface area contributed by atoms with Crippen LogP contribution < -0.4 is 11.3 Å². The van der Waals surface area contributed by atoms with Gasteiger partial charge in [0, 0.05) is 5.92 Å². The minimum absolute atomic E-state index is 0.0573. The number of aryl methyl sites for hydroxylation is 1. The molecule has 5 heteroatoms. The minimum Gasteiger partial charge on any atom is -0.306 e. The normalized spacial score (nSPS) is 16.9. The van der Waals surface area contributed by atoms with E-state index in [1.807, 2.05) is 12.1 Å². The number of nitrogens with two attached hydrogens (primary N) is 1. The lowest BCUT2D eigenvalue weighted by atomic mass is 9.77. The van der Waals surface area contributed by atoms with Crippen molar-refractivity contribution in [3.8, 4) is 0 Å². The van der Waals surface area contributed by atoms with Crippen LogP contribution in [0.4, 0.5) is 10.2 Å². The van der Waals surface area contributed by atoms with E-state index in [0.29, 0.717) is 11.5 Å². The average molecular weight is 244 g/mol. The summed E-state index contributed by atoms with van der Waals surface area (Å²) in [4.78, 5) is 8.37. The number of rotatable bonds is 2. The van der Waals surface area contributed by atoms with E-state index in [4.69, 9.17) is 5.84 Å². The van der Waals surface area contributed by atoms with Crippen molar-refractivity contribution < 1.29 is 4.39 Å². The molecule has 1 aromatic carbocycles. The van der Waals surface area contributed by atoms with Gasteiger partial charge in [-0.1, -0.05) is 24.3 Å². The molecule has 0 amide bonds. The molecule has 0 saturated carbocycles. The van der Waals surface area contributed by atoms with Crippen LogP contribution in [-0.2, 0) is 6.42 Å². The molecule has 2 aromatic rings. The van der Waals surface area contributed by atoms with Gasteiger partial charge in [0.2, 0.25) is 0 Å². The van der Waals surface area contributed by atoms with E-state index in [1.165, 1.54) is 11.1 Å². The lowest BCUT2D eigenvalue weighted by Gasteiger charge is -2.29. The van der Waals surface area contributed by atoms with Gasteiger partial charge >= 0.3 is 0 Å². The summed E-state index contributed by atoms with van der Waals surface area (Å²) in [7, 11) is 0. The fourth-order valence-corrected chi connectivity index (χ4v) is 2.32. The Hall–Kier alpha value is -2.01. The van der Waals surface area contributed by atoms with Gasteiger partial charge in [0.1, 0.15) is 5.82 Å². The Morgan fingerprint density at radius 3 is 2.83 bits per heavy atom. The first kappa shape index (κ1) is 11.1. The minimum atomic E-state index is -0.492. The smallest absolute Gasteiger partial charge is 0.187 e. The van der Waals surface area contributed by atoms with Crippen LogP contribution in [0.25, 0.3) is 0 Å². The number of nitrogens with zero attached hydrogens (tertiary/aromatic N) is 2. The van der Waals surface area contributed by atoms with E-state index in [2.05, 4.69) is 27.5 Å². The standard InChI is InChI=1S/C13H13FN4/c1-7-11(14)13(18-15)17-12(16-7)10-6-8-4-2-3-5-9(8)10/h2-5,10H,6,15H2,1H3,(H,16,17,18). The van der Waals surface area contributed by atoms with Crippen molar-refractivity contribution in [3.63, 3.8) is 0 Å². The third kappa shape index (κ3) is 1.55. The average Bonchev–Trinajstić information content (AvgIpc) is 2.35. The Balaban J connectivity index is 2.03. The highest BCUT2D eigenvalue weighted by molar-refractivity contribution is 5.46. The molecular weight excluding hydrogens is 231 g/mol. The molecule has 3 rings (SSSR count). The van der Waals surface area contributed by atoms with E-state index in [-0.39, 0.29) is 11.7 Å². The number of halogens is 1. The molecule has 0 radical (unpaired) electrons. The number of fused-ring (bicyclic) bond motifs is 1. The molecule has 1 unspecified atom stereocenters. The highest BCUT2D eigenvalue weighted by Gasteiger charge is 2.30. The van der Waals surface area contributed by atoms with Crippen LogP contribution in [0.2, 0.25) is 0 Å². The molecule has 0 spiro atoms. The predicted octanol–water partition coefficient (Wildman–Crippen LogP) is 1.90. The maximum Gasteiger partial charge on any atom is 0.187 e. The third-order valence-electron chi connectivity index (χ3n) is 3.34. The van der Waals surface area contributed by atoms with Gasteiger partial charge in [-0.2, -0.15) is 0 Å². The molecular formula is C13H13FN4. The van der Waals surface area contributed by atoms with Crippen molar-refractivity contribution in [2.45, 2.75) is 19.3 Å². The molecule has 18 heavy (non-hydrogen) atoms. The molecule has 1 aromatic heterocycles. The summed E-state index contributed by atoms with van der Waals surface area (Å²) in [5.74, 6) is 5.60. The highest BCUT2D eigenvalue weighted by atomic mass is 19.1. The second-order valence-electron chi connectivity index (χ2n) is 4.43. The number of nitrogens with one attached hydrogen (secondary N) is 1. The lowest BCUT2D eigenvalue weighted by molar-refractivity contribution is 0.585. The zero-order valence-electron chi connectivity index (χ0n) is 9.94. The molecule has 0 saturated heterocycles. The Morgan fingerprint density at radius 2 is 2.11 bits per heavy atom. The topological polar surface area (TPSA) is 63.8 Å². The number of hydrogen-bond donors (Lipinski definition) is 2. The van der Waals surface area contributed by atoms with Crippen LogP contribution in [0.15, 0.2) is 24.3 Å². The zero-order chi connectivity index (χ0) is 12.7. The highest BCUT2D eigenvalue weighted by Crippen LogP contribution is 2.38. The van der Waals surface area contributed by atoms with E-state index < -0.39 is 5.82 Å². The van der Waals surface area contributed by atoms with Crippen molar-refractivity contribution in [1.29, 1.82) is 0 Å². The molecule has 4 nitrogen and oxygen atoms in total. The first-order valence-corrected chi connectivity index (χ1v) is 5.79. The van der Waals surface area contributed by atoms with Gasteiger partial charge in [-0.3, -0.25) is 0 Å². The van der Waals surface area contributed by atoms with Crippen LogP contribution in [0.5, 0.6) is 0 Å². The van der Waals surface area contributed by atoms with E-state index >= 15 is 0 Å². The van der Waals surface area contributed by atoms with Gasteiger partial charge in [0.15, 0.2) is 11.6 Å². The molecule has 92 valence electrons. The molecule has 0 aliphatic heterocycles. The largest absolute Gasteiger partial charge is 0.306 e. The van der Waals surface area contributed by atoms with Gasteiger partial charge in [0.25, 0.3) is 0 Å². The van der Waals surface area contributed by atoms with Crippen molar-refractivity contribution in [2.24, 2.45) is 5.84 Å². The van der Waals surface area contributed by atoms with Gasteiger partial charge in [0.05, 0.1) is 5.69 Å². The first-order valence-electron chi connectivity index (χ1n) is 5.79. The molecule has 0 fully saturated rings. The van der Waals surface area contributed by atoms with Crippen molar-refractivity contribution >= 4 is 5.82 Å². The molecule has 1 aliphatic carbocycles. The van der Waals surface area contributed by atoms with Crippen molar-refractivity contribution in [3.05, 3.63) is 52.7 Å². The Morgan fingerprint density at radius 1 is 1.33 bits per heavy atom. The van der Waals surface area contributed by atoms with Crippen molar-refractivity contribution in [1.82, 2.24) is 9.97 Å². The van der Waals surface area contributed by atoms with E-state index in [0.717, 1.165) is 6.42 Å². The summed E-state index contributed by atoms with van der Waals surface area (Å²) in [6, 6.07) is 8.15. The SMILES string of the molecule is Cc1nc(C2Cc3ccccc32)nc(NN)c1F. The Kier molecular flexibility index (Phi) is 2.48. The van der Waals surface area contributed by atoms with Gasteiger partial charge < -0.3 is 5.43 Å². The maximum absolute atomic E-state index is 13.6. The van der Waals surface area contributed by atoms with Crippen molar-refractivity contribution in [2.75, 3.05) is 5.43 Å². The number of hydrazine groups is 1.